The van der Waals surface area contributed by atoms with Crippen molar-refractivity contribution in [3.05, 3.63) is 48.0 Å². The Hall–Kier alpha value is -5.36. The molecule has 0 aromatic heterocycles. The van der Waals surface area contributed by atoms with Crippen molar-refractivity contribution in [2.75, 3.05) is 74.6 Å². The maximum Gasteiger partial charge on any atom is 0.322 e. The predicted octanol–water partition coefficient (Wildman–Crippen LogP) is 4.10. The van der Waals surface area contributed by atoms with E-state index in [0.29, 0.717) is 58.0 Å². The summed E-state index contributed by atoms with van der Waals surface area (Å²) in [6, 6.07) is 8.83. The first-order chi connectivity index (χ1) is 31.3. The smallest absolute Gasteiger partial charge is 0.322 e. The summed E-state index contributed by atoms with van der Waals surface area (Å²) >= 11 is 0. The number of ether oxygens (including phenoxy) is 2. The number of carboxylic acids is 1. The molecule has 6 unspecified atom stereocenters. The molecule has 1 saturated heterocycles. The quantitative estimate of drug-likeness (QED) is 0.0991. The van der Waals surface area contributed by atoms with E-state index < -0.39 is 54.7 Å². The number of nitrogens with zero attached hydrogens (tertiary/aromatic N) is 5. The zero-order valence-electron chi connectivity index (χ0n) is 41.4. The standard InChI is InChI=1S/C38H63N7O11.C7H8.C3H8/c1-9-25(2)35(28(55-7)22-32(49)44-19-13-14-27(44)36(56-8)26(3)37(53)39-24-34(51)52)43(6)33(50)23-40-38(54)42(5)21-20-41(4)29(46)15-11-10-12-18-45-30(47)16-17-31(45)48;1-7-5-3-2-4-6-7;1-3-2/h16-17,25-28,35-36H,9-15,18-24H2,1-8H3,(H,39,53)(H,40,54)(H,51,52);2-6H,1H3;3H2,1-2H3. The van der Waals surface area contributed by atoms with Crippen LogP contribution in [0.25, 0.3) is 0 Å². The van der Waals surface area contributed by atoms with Crippen LogP contribution in [0.1, 0.15) is 98.0 Å². The molecule has 3 rings (SSSR count). The van der Waals surface area contributed by atoms with Gasteiger partial charge in [0.1, 0.15) is 6.54 Å². The van der Waals surface area contributed by atoms with Crippen LogP contribution < -0.4 is 10.6 Å². The molecule has 18 nitrogen and oxygen atoms in total. The van der Waals surface area contributed by atoms with Crippen LogP contribution in [0, 0.1) is 18.8 Å². The van der Waals surface area contributed by atoms with Crippen LogP contribution in [-0.2, 0) is 43.0 Å². The van der Waals surface area contributed by atoms with Gasteiger partial charge in [-0.15, -0.1) is 0 Å². The summed E-state index contributed by atoms with van der Waals surface area (Å²) in [6.07, 6.45) is 6.47. The first-order valence-electron chi connectivity index (χ1n) is 23.2. The second kappa shape index (κ2) is 31.5. The van der Waals surface area contributed by atoms with Crippen LogP contribution >= 0.6 is 0 Å². The lowest BCUT2D eigenvalue weighted by atomic mass is 9.90. The molecule has 6 atom stereocenters. The number of aryl methyl sites for hydroxylation is 1. The fourth-order valence-corrected chi connectivity index (χ4v) is 7.69. The van der Waals surface area contributed by atoms with E-state index in [9.17, 15) is 38.4 Å². The number of methoxy groups -OCH3 is 2. The molecule has 2 aliphatic heterocycles. The molecular formula is C48H79N7O11. The summed E-state index contributed by atoms with van der Waals surface area (Å²) in [5.41, 5.74) is 1.32. The SMILES string of the molecule is CCC.CCC(C)C(C(CC(=O)N1CCCC1C(OC)C(C)C(=O)NCC(=O)O)OC)N(C)C(=O)CNC(=O)N(C)CCN(C)C(=O)CCCCCN1C(=O)C=CC1=O.Cc1ccccc1. The minimum absolute atomic E-state index is 0.0463. The number of carbonyl (C=O) groups excluding carboxylic acids is 7. The van der Waals surface area contributed by atoms with E-state index >= 15 is 0 Å². The lowest BCUT2D eigenvalue weighted by Gasteiger charge is -2.39. The zero-order valence-corrected chi connectivity index (χ0v) is 41.4. The summed E-state index contributed by atoms with van der Waals surface area (Å²) in [5, 5.41) is 14.0. The van der Waals surface area contributed by atoms with Gasteiger partial charge in [0.2, 0.25) is 23.6 Å². The van der Waals surface area contributed by atoms with Gasteiger partial charge < -0.3 is 44.8 Å². The number of urea groups is 1. The highest BCUT2D eigenvalue weighted by Crippen LogP contribution is 2.29. The number of hydrogen-bond donors (Lipinski definition) is 3. The third kappa shape index (κ3) is 20.0. The number of rotatable bonds is 24. The molecule has 0 saturated carbocycles. The molecule has 1 aromatic rings. The average molecular weight is 930 g/mol. The number of likely N-dealkylation sites (N-methyl/N-ethyl adjacent to an activating group) is 3. The number of unbranched alkanes of at least 4 members (excludes halogenated alkanes) is 2. The summed E-state index contributed by atoms with van der Waals surface area (Å²) in [5.74, 6) is -3.80. The number of carbonyl (C=O) groups is 8. The molecule has 8 amide bonds. The van der Waals surface area contributed by atoms with Crippen molar-refractivity contribution in [2.24, 2.45) is 11.8 Å². The molecule has 2 heterocycles. The minimum Gasteiger partial charge on any atom is -0.480 e. The van der Waals surface area contributed by atoms with Gasteiger partial charge in [0.15, 0.2) is 0 Å². The normalized spacial score (nSPS) is 16.4. The van der Waals surface area contributed by atoms with Crippen molar-refractivity contribution in [1.82, 2.24) is 35.1 Å². The number of hydrogen-bond acceptors (Lipinski definition) is 10. The second-order valence-corrected chi connectivity index (χ2v) is 17.0. The Kier molecular flexibility index (Phi) is 28.0. The van der Waals surface area contributed by atoms with E-state index in [-0.39, 0.29) is 61.5 Å². The van der Waals surface area contributed by atoms with Gasteiger partial charge >= 0.3 is 12.0 Å². The van der Waals surface area contributed by atoms with Gasteiger partial charge in [-0.1, -0.05) is 89.8 Å². The van der Waals surface area contributed by atoms with Crippen LogP contribution in [0.4, 0.5) is 4.79 Å². The van der Waals surface area contributed by atoms with E-state index in [0.717, 1.165) is 0 Å². The number of nitrogens with one attached hydrogen (secondary N) is 2. The zero-order chi connectivity index (χ0) is 49.9. The summed E-state index contributed by atoms with van der Waals surface area (Å²) in [7, 11) is 7.77. The van der Waals surface area contributed by atoms with Crippen molar-refractivity contribution in [3.63, 3.8) is 0 Å². The number of benzene rings is 1. The third-order valence-electron chi connectivity index (χ3n) is 11.8. The molecule has 66 heavy (non-hydrogen) atoms. The first kappa shape index (κ1) is 58.7. The molecule has 3 N–H and O–H groups in total. The Balaban J connectivity index is 0.00000193. The van der Waals surface area contributed by atoms with Crippen LogP contribution in [0.2, 0.25) is 0 Å². The Labute approximate surface area is 392 Å². The minimum atomic E-state index is -1.17. The van der Waals surface area contributed by atoms with Crippen LogP contribution in [0.15, 0.2) is 42.5 Å². The summed E-state index contributed by atoms with van der Waals surface area (Å²) in [6.45, 7) is 12.3. The molecule has 2 aliphatic rings. The fraction of sp³-hybridized carbons (Fsp3) is 0.667. The molecule has 0 bridgehead atoms. The van der Waals surface area contributed by atoms with Gasteiger partial charge in [0.25, 0.3) is 11.8 Å². The van der Waals surface area contributed by atoms with Crippen LogP contribution in [0.3, 0.4) is 0 Å². The Morgan fingerprint density at radius 2 is 1.44 bits per heavy atom. The largest absolute Gasteiger partial charge is 0.480 e. The van der Waals surface area contributed by atoms with E-state index in [2.05, 4.69) is 43.5 Å². The summed E-state index contributed by atoms with van der Waals surface area (Å²) < 4.78 is 11.5. The molecule has 1 fully saturated rings. The number of likely N-dealkylation sites (tertiary alicyclic amines) is 1. The number of carboxylic acid groups (broad SMARTS) is 1. The highest BCUT2D eigenvalue weighted by atomic mass is 16.5. The number of imide groups is 1. The van der Waals surface area contributed by atoms with Crippen LogP contribution in [-0.4, -0.2) is 176 Å². The van der Waals surface area contributed by atoms with Gasteiger partial charge in [-0.25, -0.2) is 4.79 Å². The molecule has 372 valence electrons. The van der Waals surface area contributed by atoms with Crippen molar-refractivity contribution in [3.8, 4) is 0 Å². The lowest BCUT2D eigenvalue weighted by Crippen LogP contribution is -2.54. The van der Waals surface area contributed by atoms with Gasteiger partial charge in [-0.05, 0) is 38.5 Å². The maximum atomic E-state index is 13.8. The molecule has 0 aliphatic carbocycles. The number of amides is 8. The Morgan fingerprint density at radius 1 is 0.833 bits per heavy atom. The van der Waals surface area contributed by atoms with Crippen LogP contribution in [0.5, 0.6) is 0 Å². The van der Waals surface area contributed by atoms with Crippen molar-refractivity contribution in [1.29, 1.82) is 0 Å². The molecule has 0 radical (unpaired) electrons. The van der Waals surface area contributed by atoms with Crippen molar-refractivity contribution < 1.29 is 52.9 Å². The molecular weight excluding hydrogens is 851 g/mol. The average Bonchev–Trinajstić information content (AvgIpc) is 3.91. The predicted molar refractivity (Wildman–Crippen MR) is 252 cm³/mol. The van der Waals surface area contributed by atoms with E-state index in [1.165, 1.54) is 58.0 Å². The van der Waals surface area contributed by atoms with Crippen molar-refractivity contribution in [2.45, 2.75) is 124 Å². The van der Waals surface area contributed by atoms with Crippen molar-refractivity contribution >= 4 is 47.4 Å². The molecule has 1 aromatic carbocycles. The Bertz CT molecular complexity index is 1710. The number of aliphatic carboxylic acids is 1. The highest BCUT2D eigenvalue weighted by Gasteiger charge is 2.42. The lowest BCUT2D eigenvalue weighted by molar-refractivity contribution is -0.146. The summed E-state index contributed by atoms with van der Waals surface area (Å²) in [4.78, 5) is 107. The third-order valence-corrected chi connectivity index (χ3v) is 11.8. The monoisotopic (exact) mass is 930 g/mol. The van der Waals surface area contributed by atoms with E-state index in [1.54, 1.807) is 33.0 Å². The first-order valence-corrected chi connectivity index (χ1v) is 23.2. The van der Waals surface area contributed by atoms with Gasteiger partial charge in [-0.2, -0.15) is 0 Å². The van der Waals surface area contributed by atoms with E-state index in [4.69, 9.17) is 14.6 Å². The maximum absolute atomic E-state index is 13.8. The molecule has 18 heteroatoms. The second-order valence-electron chi connectivity index (χ2n) is 17.0. The van der Waals surface area contributed by atoms with Gasteiger partial charge in [0, 0.05) is 80.1 Å². The fourth-order valence-electron chi connectivity index (χ4n) is 7.69. The Morgan fingerprint density at radius 3 is 1.97 bits per heavy atom. The van der Waals surface area contributed by atoms with Gasteiger partial charge in [-0.3, -0.25) is 38.5 Å². The van der Waals surface area contributed by atoms with E-state index in [1.807, 2.05) is 32.0 Å². The van der Waals surface area contributed by atoms with Gasteiger partial charge in [0.05, 0.1) is 43.2 Å². The topological polar surface area (TPSA) is 216 Å². The highest BCUT2D eigenvalue weighted by molar-refractivity contribution is 6.12. The molecule has 0 spiro atoms.